The highest BCUT2D eigenvalue weighted by molar-refractivity contribution is 7.91. The molecule has 5 nitrogen and oxygen atoms in total. The molecule has 1 N–H and O–H groups in total. The third kappa shape index (κ3) is 5.06. The van der Waals surface area contributed by atoms with Crippen LogP contribution in [0.15, 0.2) is 53.4 Å². The Bertz CT molecular complexity index is 804. The second-order valence-electron chi connectivity index (χ2n) is 5.03. The molecule has 0 fully saturated rings. The van der Waals surface area contributed by atoms with Crippen LogP contribution in [0.5, 0.6) is 5.75 Å². The van der Waals surface area contributed by atoms with Gasteiger partial charge < -0.3 is 10.1 Å². The van der Waals surface area contributed by atoms with Crippen LogP contribution < -0.4 is 10.1 Å². The van der Waals surface area contributed by atoms with Crippen molar-refractivity contribution >= 4 is 21.4 Å². The number of rotatable bonds is 7. The van der Waals surface area contributed by atoms with Crippen molar-refractivity contribution in [2.75, 3.05) is 17.7 Å². The van der Waals surface area contributed by atoms with Gasteiger partial charge in [-0.05, 0) is 36.4 Å². The van der Waals surface area contributed by atoms with Gasteiger partial charge >= 0.3 is 0 Å². The maximum atomic E-state index is 13.0. The molecule has 0 saturated heterocycles. The zero-order valence-electron chi connectivity index (χ0n) is 13.2. The van der Waals surface area contributed by atoms with Crippen molar-refractivity contribution in [3.63, 3.8) is 0 Å². The maximum absolute atomic E-state index is 13.0. The molecule has 0 saturated carbocycles. The van der Waals surface area contributed by atoms with Gasteiger partial charge in [0.2, 0.25) is 5.91 Å². The van der Waals surface area contributed by atoms with Crippen molar-refractivity contribution in [3.05, 3.63) is 54.3 Å². The lowest BCUT2D eigenvalue weighted by molar-refractivity contribution is -0.116. The van der Waals surface area contributed by atoms with E-state index in [9.17, 15) is 17.6 Å². The minimum Gasteiger partial charge on any atom is -0.493 e. The molecule has 0 spiro atoms. The van der Waals surface area contributed by atoms with Gasteiger partial charge in [-0.25, -0.2) is 12.8 Å². The van der Waals surface area contributed by atoms with Gasteiger partial charge in [0.15, 0.2) is 9.84 Å². The van der Waals surface area contributed by atoms with E-state index in [0.717, 1.165) is 0 Å². The summed E-state index contributed by atoms with van der Waals surface area (Å²) in [6, 6.07) is 11.7. The van der Waals surface area contributed by atoms with E-state index in [1.54, 1.807) is 13.0 Å². The summed E-state index contributed by atoms with van der Waals surface area (Å²) in [7, 11) is -3.26. The number of carbonyl (C=O) groups is 1. The highest BCUT2D eigenvalue weighted by Crippen LogP contribution is 2.16. The largest absolute Gasteiger partial charge is 0.493 e. The molecule has 128 valence electrons. The monoisotopic (exact) mass is 351 g/mol. The minimum atomic E-state index is -3.26. The lowest BCUT2D eigenvalue weighted by atomic mass is 10.3. The van der Waals surface area contributed by atoms with E-state index in [2.05, 4.69) is 5.32 Å². The van der Waals surface area contributed by atoms with Gasteiger partial charge in [-0.2, -0.15) is 0 Å². The standard InChI is InChI=1S/C17H18FNO4S/c1-2-24(21,22)16-8-6-14(7-9-16)19-17(20)10-11-23-15-5-3-4-13(18)12-15/h3-9,12H,2,10-11H2,1H3,(H,19,20). The fraction of sp³-hybridized carbons (Fsp3) is 0.235. The van der Waals surface area contributed by atoms with Crippen LogP contribution in [0.2, 0.25) is 0 Å². The summed E-state index contributed by atoms with van der Waals surface area (Å²) >= 11 is 0. The molecular formula is C17H18FNO4S. The summed E-state index contributed by atoms with van der Waals surface area (Å²) in [6.07, 6.45) is 0.0888. The molecule has 0 unspecified atom stereocenters. The maximum Gasteiger partial charge on any atom is 0.227 e. The molecule has 0 atom stereocenters. The summed E-state index contributed by atoms with van der Waals surface area (Å²) in [5, 5.41) is 2.65. The van der Waals surface area contributed by atoms with Crippen LogP contribution in [0.4, 0.5) is 10.1 Å². The van der Waals surface area contributed by atoms with Crippen LogP contribution in [0, 0.1) is 5.82 Å². The highest BCUT2D eigenvalue weighted by atomic mass is 32.2. The molecule has 24 heavy (non-hydrogen) atoms. The first-order chi connectivity index (χ1) is 11.4. The van der Waals surface area contributed by atoms with E-state index in [4.69, 9.17) is 4.74 Å². The molecule has 2 rings (SSSR count). The number of halogens is 1. The summed E-state index contributed by atoms with van der Waals surface area (Å²) in [4.78, 5) is 12.0. The van der Waals surface area contributed by atoms with E-state index in [-0.39, 0.29) is 29.6 Å². The number of nitrogens with one attached hydrogen (secondary N) is 1. The predicted molar refractivity (Wildman–Crippen MR) is 89.3 cm³/mol. The first-order valence-corrected chi connectivity index (χ1v) is 9.07. The minimum absolute atomic E-state index is 0.0239. The Balaban J connectivity index is 1.84. The highest BCUT2D eigenvalue weighted by Gasteiger charge is 2.11. The average Bonchev–Trinajstić information content (AvgIpc) is 2.55. The van der Waals surface area contributed by atoms with Crippen LogP contribution in [0.1, 0.15) is 13.3 Å². The van der Waals surface area contributed by atoms with Crippen LogP contribution in [0.25, 0.3) is 0 Å². The molecule has 0 aliphatic rings. The number of ether oxygens (including phenoxy) is 1. The Morgan fingerprint density at radius 3 is 2.50 bits per heavy atom. The van der Waals surface area contributed by atoms with Crippen LogP contribution in [-0.4, -0.2) is 26.7 Å². The van der Waals surface area contributed by atoms with Crippen molar-refractivity contribution < 1.29 is 22.3 Å². The molecule has 0 aromatic heterocycles. The van der Waals surface area contributed by atoms with Crippen molar-refractivity contribution in [1.82, 2.24) is 0 Å². The molecular weight excluding hydrogens is 333 g/mol. The SMILES string of the molecule is CCS(=O)(=O)c1ccc(NC(=O)CCOc2cccc(F)c2)cc1. The van der Waals surface area contributed by atoms with Crippen LogP contribution in [-0.2, 0) is 14.6 Å². The number of carbonyl (C=O) groups excluding carboxylic acids is 1. The average molecular weight is 351 g/mol. The molecule has 2 aromatic carbocycles. The number of amides is 1. The number of sulfone groups is 1. The number of anilines is 1. The molecule has 0 bridgehead atoms. The quantitative estimate of drug-likeness (QED) is 0.832. The van der Waals surface area contributed by atoms with Crippen molar-refractivity contribution in [2.24, 2.45) is 0 Å². The topological polar surface area (TPSA) is 72.5 Å². The first kappa shape index (κ1) is 17.9. The van der Waals surface area contributed by atoms with Gasteiger partial charge in [0.25, 0.3) is 0 Å². The van der Waals surface area contributed by atoms with E-state index in [0.29, 0.717) is 11.4 Å². The van der Waals surface area contributed by atoms with Gasteiger partial charge in [0.1, 0.15) is 11.6 Å². The third-order valence-corrected chi connectivity index (χ3v) is 5.02. The normalized spacial score (nSPS) is 11.1. The summed E-state index contributed by atoms with van der Waals surface area (Å²) in [5.74, 6) is -0.302. The number of benzene rings is 2. The van der Waals surface area contributed by atoms with Gasteiger partial charge in [0.05, 0.1) is 23.7 Å². The number of hydrogen-bond donors (Lipinski definition) is 1. The van der Waals surface area contributed by atoms with Crippen molar-refractivity contribution in [1.29, 1.82) is 0 Å². The Labute approximate surface area is 140 Å². The molecule has 0 aliphatic heterocycles. The van der Waals surface area contributed by atoms with Gasteiger partial charge in [-0.15, -0.1) is 0 Å². The number of hydrogen-bond acceptors (Lipinski definition) is 4. The summed E-state index contributed by atoms with van der Waals surface area (Å²) in [5.41, 5.74) is 0.501. The molecule has 1 amide bonds. The van der Waals surface area contributed by atoms with E-state index in [1.165, 1.54) is 42.5 Å². The van der Waals surface area contributed by atoms with Gasteiger partial charge in [-0.1, -0.05) is 13.0 Å². The fourth-order valence-corrected chi connectivity index (χ4v) is 2.84. The second-order valence-corrected chi connectivity index (χ2v) is 7.31. The van der Waals surface area contributed by atoms with E-state index < -0.39 is 15.7 Å². The summed E-state index contributed by atoms with van der Waals surface area (Å²) < 4.78 is 41.7. The zero-order chi connectivity index (χ0) is 17.6. The van der Waals surface area contributed by atoms with Crippen molar-refractivity contribution in [2.45, 2.75) is 18.2 Å². The Morgan fingerprint density at radius 1 is 1.17 bits per heavy atom. The van der Waals surface area contributed by atoms with Crippen LogP contribution >= 0.6 is 0 Å². The zero-order valence-corrected chi connectivity index (χ0v) is 14.0. The first-order valence-electron chi connectivity index (χ1n) is 7.42. The Hall–Kier alpha value is -2.41. The molecule has 2 aromatic rings. The Kier molecular flexibility index (Phi) is 5.92. The molecule has 0 heterocycles. The van der Waals surface area contributed by atoms with Crippen LogP contribution in [0.3, 0.4) is 0 Å². The lowest BCUT2D eigenvalue weighted by Gasteiger charge is -2.08. The molecule has 0 aliphatic carbocycles. The smallest absolute Gasteiger partial charge is 0.227 e. The van der Waals surface area contributed by atoms with Gasteiger partial charge in [-0.3, -0.25) is 4.79 Å². The van der Waals surface area contributed by atoms with Crippen molar-refractivity contribution in [3.8, 4) is 5.75 Å². The fourth-order valence-electron chi connectivity index (χ4n) is 1.95. The lowest BCUT2D eigenvalue weighted by Crippen LogP contribution is -2.15. The molecule has 7 heteroatoms. The predicted octanol–water partition coefficient (Wildman–Crippen LogP) is 3.03. The van der Waals surface area contributed by atoms with E-state index >= 15 is 0 Å². The second kappa shape index (κ2) is 7.92. The molecule has 0 radical (unpaired) electrons. The van der Waals surface area contributed by atoms with E-state index in [1.807, 2.05) is 0 Å². The third-order valence-electron chi connectivity index (χ3n) is 3.27. The summed E-state index contributed by atoms with van der Waals surface area (Å²) in [6.45, 7) is 1.68. The Morgan fingerprint density at radius 2 is 1.88 bits per heavy atom. The van der Waals surface area contributed by atoms with Gasteiger partial charge in [0, 0.05) is 11.8 Å².